The summed E-state index contributed by atoms with van der Waals surface area (Å²) in [4.78, 5) is 11.4. The molecule has 1 N–H and O–H groups in total. The number of hydrogen-bond donors (Lipinski definition) is 1. The number of ketones is 1. The van der Waals surface area contributed by atoms with Crippen LogP contribution in [0.2, 0.25) is 0 Å². The van der Waals surface area contributed by atoms with E-state index in [-0.39, 0.29) is 5.78 Å². The van der Waals surface area contributed by atoms with Gasteiger partial charge in [-0.25, -0.2) is 0 Å². The van der Waals surface area contributed by atoms with Gasteiger partial charge in [0.2, 0.25) is 0 Å². The van der Waals surface area contributed by atoms with Crippen molar-refractivity contribution in [2.45, 2.75) is 57.5 Å². The van der Waals surface area contributed by atoms with E-state index < -0.39 is 5.60 Å². The van der Waals surface area contributed by atoms with Gasteiger partial charge in [-0.05, 0) is 48.9 Å². The van der Waals surface area contributed by atoms with Crippen LogP contribution in [0.25, 0.3) is 0 Å². The third-order valence-corrected chi connectivity index (χ3v) is 4.50. The van der Waals surface area contributed by atoms with Gasteiger partial charge in [-0.1, -0.05) is 35.3 Å². The van der Waals surface area contributed by atoms with Crippen molar-refractivity contribution in [3.8, 4) is 0 Å². The van der Waals surface area contributed by atoms with E-state index in [0.717, 1.165) is 29.3 Å². The zero-order valence-electron chi connectivity index (χ0n) is 11.4. The van der Waals surface area contributed by atoms with E-state index >= 15 is 0 Å². The van der Waals surface area contributed by atoms with Gasteiger partial charge in [0, 0.05) is 17.3 Å². The summed E-state index contributed by atoms with van der Waals surface area (Å²) in [6, 6.07) is 6.11. The maximum Gasteiger partial charge on any atom is 0.133 e. The zero-order valence-corrected chi connectivity index (χ0v) is 13.0. The van der Waals surface area contributed by atoms with Crippen LogP contribution < -0.4 is 0 Å². The fourth-order valence-electron chi connectivity index (χ4n) is 2.80. The highest BCUT2D eigenvalue weighted by Crippen LogP contribution is 2.38. The fourth-order valence-corrected chi connectivity index (χ4v) is 3.21. The van der Waals surface area contributed by atoms with Crippen LogP contribution in [0.1, 0.15) is 56.6 Å². The first-order chi connectivity index (χ1) is 9.05. The molecule has 1 aromatic carbocycles. The monoisotopic (exact) mass is 324 g/mol. The molecule has 1 aliphatic rings. The number of halogens is 1. The highest BCUT2D eigenvalue weighted by Gasteiger charge is 2.35. The third kappa shape index (κ3) is 3.46. The van der Waals surface area contributed by atoms with E-state index in [2.05, 4.69) is 28.9 Å². The van der Waals surface area contributed by atoms with Gasteiger partial charge in [0.15, 0.2) is 0 Å². The number of aryl methyl sites for hydroxylation is 1. The van der Waals surface area contributed by atoms with E-state index in [4.69, 9.17) is 0 Å². The molecule has 0 radical (unpaired) electrons. The molecule has 2 nitrogen and oxygen atoms in total. The SMILES string of the molecule is CCCCc1cc(Br)ccc1C1(O)CCC(=O)CC1. The Morgan fingerprint density at radius 1 is 1.32 bits per heavy atom. The van der Waals surface area contributed by atoms with Crippen molar-refractivity contribution >= 4 is 21.7 Å². The summed E-state index contributed by atoms with van der Waals surface area (Å²) in [6.45, 7) is 2.17. The lowest BCUT2D eigenvalue weighted by Crippen LogP contribution is -2.32. The van der Waals surface area contributed by atoms with Gasteiger partial charge >= 0.3 is 0 Å². The lowest BCUT2D eigenvalue weighted by Gasteiger charge is -2.33. The van der Waals surface area contributed by atoms with Crippen LogP contribution in [0.4, 0.5) is 0 Å². The fraction of sp³-hybridized carbons (Fsp3) is 0.562. The second-order valence-corrected chi connectivity index (χ2v) is 6.39. The van der Waals surface area contributed by atoms with Crippen LogP contribution in [0.5, 0.6) is 0 Å². The minimum Gasteiger partial charge on any atom is -0.385 e. The highest BCUT2D eigenvalue weighted by molar-refractivity contribution is 9.10. The summed E-state index contributed by atoms with van der Waals surface area (Å²) < 4.78 is 1.05. The van der Waals surface area contributed by atoms with Crippen molar-refractivity contribution < 1.29 is 9.90 Å². The lowest BCUT2D eigenvalue weighted by atomic mass is 9.77. The third-order valence-electron chi connectivity index (χ3n) is 4.00. The smallest absolute Gasteiger partial charge is 0.133 e. The molecule has 0 atom stereocenters. The van der Waals surface area contributed by atoms with Crippen molar-refractivity contribution in [2.24, 2.45) is 0 Å². The van der Waals surface area contributed by atoms with E-state index in [9.17, 15) is 9.90 Å². The predicted molar refractivity (Wildman–Crippen MR) is 80.1 cm³/mol. The Hall–Kier alpha value is -0.670. The molecule has 104 valence electrons. The molecule has 0 spiro atoms. The molecule has 1 aromatic rings. The highest BCUT2D eigenvalue weighted by atomic mass is 79.9. The summed E-state index contributed by atoms with van der Waals surface area (Å²) in [6.07, 6.45) is 5.38. The Balaban J connectivity index is 2.29. The first kappa shape index (κ1) is 14.7. The van der Waals surface area contributed by atoms with Gasteiger partial charge < -0.3 is 5.11 Å². The average Bonchev–Trinajstić information content (AvgIpc) is 2.40. The summed E-state index contributed by atoms with van der Waals surface area (Å²) in [5.41, 5.74) is 1.43. The molecule has 0 saturated heterocycles. The molecule has 0 aromatic heterocycles. The van der Waals surface area contributed by atoms with Crippen LogP contribution in [0, 0.1) is 0 Å². The average molecular weight is 325 g/mol. The molecule has 0 bridgehead atoms. The molecule has 2 rings (SSSR count). The molecule has 0 aliphatic heterocycles. The van der Waals surface area contributed by atoms with Crippen molar-refractivity contribution in [2.75, 3.05) is 0 Å². The molecule has 1 fully saturated rings. The molecule has 0 amide bonds. The topological polar surface area (TPSA) is 37.3 Å². The number of hydrogen-bond acceptors (Lipinski definition) is 2. The number of unbranched alkanes of at least 4 members (excludes halogenated alkanes) is 1. The Morgan fingerprint density at radius 2 is 2.00 bits per heavy atom. The number of benzene rings is 1. The molecule has 1 saturated carbocycles. The van der Waals surface area contributed by atoms with E-state index in [1.165, 1.54) is 5.56 Å². The van der Waals surface area contributed by atoms with Gasteiger partial charge in [-0.3, -0.25) is 4.79 Å². The Bertz CT molecular complexity index is 458. The molecule has 0 unspecified atom stereocenters. The maximum atomic E-state index is 11.4. The van der Waals surface area contributed by atoms with Gasteiger partial charge in [0.25, 0.3) is 0 Å². The summed E-state index contributed by atoms with van der Waals surface area (Å²) >= 11 is 3.50. The van der Waals surface area contributed by atoms with Crippen molar-refractivity contribution in [3.63, 3.8) is 0 Å². The van der Waals surface area contributed by atoms with E-state index in [0.29, 0.717) is 25.7 Å². The molecule has 19 heavy (non-hydrogen) atoms. The molecule has 0 heterocycles. The van der Waals surface area contributed by atoms with Crippen LogP contribution in [0.3, 0.4) is 0 Å². The second kappa shape index (κ2) is 6.19. The van der Waals surface area contributed by atoms with Crippen molar-refractivity contribution in [1.29, 1.82) is 0 Å². The van der Waals surface area contributed by atoms with Crippen LogP contribution in [-0.4, -0.2) is 10.9 Å². The first-order valence-electron chi connectivity index (χ1n) is 7.08. The minimum atomic E-state index is -0.808. The molecular formula is C16H21BrO2. The van der Waals surface area contributed by atoms with E-state index in [1.54, 1.807) is 0 Å². The second-order valence-electron chi connectivity index (χ2n) is 5.48. The number of rotatable bonds is 4. The van der Waals surface area contributed by atoms with Crippen LogP contribution in [0.15, 0.2) is 22.7 Å². The summed E-state index contributed by atoms with van der Waals surface area (Å²) in [7, 11) is 0. The molecular weight excluding hydrogens is 304 g/mol. The van der Waals surface area contributed by atoms with Crippen molar-refractivity contribution in [3.05, 3.63) is 33.8 Å². The van der Waals surface area contributed by atoms with E-state index in [1.807, 2.05) is 12.1 Å². The Labute approximate surface area is 123 Å². The number of carbonyl (C=O) groups is 1. The normalized spacial score (nSPS) is 18.6. The van der Waals surface area contributed by atoms with Gasteiger partial charge in [0.05, 0.1) is 5.60 Å². The maximum absolute atomic E-state index is 11.4. The quantitative estimate of drug-likeness (QED) is 0.904. The summed E-state index contributed by atoms with van der Waals surface area (Å²) in [5.74, 6) is 0.275. The number of Topliss-reactive ketones (excluding diaryl/α,β-unsaturated/α-hetero) is 1. The van der Waals surface area contributed by atoms with Crippen molar-refractivity contribution in [1.82, 2.24) is 0 Å². The van der Waals surface area contributed by atoms with Crippen LogP contribution in [-0.2, 0) is 16.8 Å². The number of carbonyl (C=O) groups excluding carboxylic acids is 1. The predicted octanol–water partition coefficient (Wildman–Crippen LogP) is 4.12. The lowest BCUT2D eigenvalue weighted by molar-refractivity contribution is -0.125. The largest absolute Gasteiger partial charge is 0.385 e. The Morgan fingerprint density at radius 3 is 2.63 bits per heavy atom. The zero-order chi connectivity index (χ0) is 13.9. The van der Waals surface area contributed by atoms with Gasteiger partial charge in [-0.15, -0.1) is 0 Å². The molecule has 3 heteroatoms. The summed E-state index contributed by atoms with van der Waals surface area (Å²) in [5, 5.41) is 10.9. The standard InChI is InChI=1S/C16H21BrO2/c1-2-3-4-12-11-13(17)5-6-15(12)16(19)9-7-14(18)8-10-16/h5-6,11,19H,2-4,7-10H2,1H3. The number of aliphatic hydroxyl groups is 1. The first-order valence-corrected chi connectivity index (χ1v) is 7.87. The Kier molecular flexibility index (Phi) is 4.80. The van der Waals surface area contributed by atoms with Crippen LogP contribution >= 0.6 is 15.9 Å². The molecule has 1 aliphatic carbocycles. The van der Waals surface area contributed by atoms with Gasteiger partial charge in [0.1, 0.15) is 5.78 Å². The van der Waals surface area contributed by atoms with Gasteiger partial charge in [-0.2, -0.15) is 0 Å². The minimum absolute atomic E-state index is 0.275.